The first kappa shape index (κ1) is 39.8. The second kappa shape index (κ2) is 22.3. The van der Waals surface area contributed by atoms with Gasteiger partial charge in [-0.15, -0.1) is 0 Å². The van der Waals surface area contributed by atoms with E-state index in [-0.39, 0.29) is 49.4 Å². The Morgan fingerprint density at radius 3 is 1.07 bits per heavy atom. The third-order valence-electron chi connectivity index (χ3n) is 6.34. The first-order chi connectivity index (χ1) is 22.0. The second-order valence-corrected chi connectivity index (χ2v) is 11.4. The summed E-state index contributed by atoms with van der Waals surface area (Å²) in [7, 11) is 0. The van der Waals surface area contributed by atoms with E-state index < -0.39 is 23.9 Å². The fourth-order valence-electron chi connectivity index (χ4n) is 4.15. The zero-order valence-corrected chi connectivity index (χ0v) is 28.9. The van der Waals surface area contributed by atoms with E-state index in [2.05, 4.69) is 0 Å². The van der Waals surface area contributed by atoms with E-state index in [0.717, 1.165) is 11.1 Å². The van der Waals surface area contributed by atoms with Gasteiger partial charge in [0.2, 0.25) is 0 Å². The Kier molecular flexibility index (Phi) is 19.3. The van der Waals surface area contributed by atoms with Crippen molar-refractivity contribution in [2.45, 2.75) is 81.1 Å². The molecule has 46 heavy (non-hydrogen) atoms. The van der Waals surface area contributed by atoms with Crippen LogP contribution in [-0.2, 0) is 38.1 Å². The maximum absolute atomic E-state index is 12.5. The van der Waals surface area contributed by atoms with E-state index in [4.69, 9.17) is 18.9 Å². The Morgan fingerprint density at radius 2 is 0.804 bits per heavy atom. The molecule has 0 unspecified atom stereocenters. The summed E-state index contributed by atoms with van der Waals surface area (Å²) < 4.78 is 20.9. The minimum atomic E-state index is -0.613. The van der Waals surface area contributed by atoms with Gasteiger partial charge in [0.25, 0.3) is 0 Å². The Bertz CT molecular complexity index is 1240. The van der Waals surface area contributed by atoms with Gasteiger partial charge in [-0.25, -0.2) is 19.2 Å². The lowest BCUT2D eigenvalue weighted by Crippen LogP contribution is -2.23. The number of benzene rings is 2. The van der Waals surface area contributed by atoms with Crippen LogP contribution in [0, 0.1) is 11.8 Å². The van der Waals surface area contributed by atoms with Crippen molar-refractivity contribution < 1.29 is 38.1 Å². The molecule has 0 saturated heterocycles. The maximum atomic E-state index is 12.5. The molecule has 0 aromatic heterocycles. The van der Waals surface area contributed by atoms with Crippen LogP contribution in [0.3, 0.4) is 0 Å². The van der Waals surface area contributed by atoms with Crippen molar-refractivity contribution >= 4 is 35.0 Å². The number of hydrogen-bond acceptors (Lipinski definition) is 8. The summed E-state index contributed by atoms with van der Waals surface area (Å²) in [6, 6.07) is 18.8. The molecule has 0 radical (unpaired) electrons. The maximum Gasteiger partial charge on any atom is 0.345 e. The van der Waals surface area contributed by atoms with Crippen LogP contribution in [0.1, 0.15) is 92.2 Å². The third-order valence-corrected chi connectivity index (χ3v) is 6.34. The van der Waals surface area contributed by atoms with Crippen LogP contribution >= 0.6 is 0 Å². The fourth-order valence-corrected chi connectivity index (χ4v) is 4.15. The standard InChI is InChI=1S/C20H28O4.C18H24O4/c1-6-17(16-10-8-7-9-11-16)18(19(21)23-12-14(2)3)20(22)24-13-15(4)5;1-4-12-21-17(19)16(18(20)22-13-5-2)15(6-3)14-10-8-7-9-11-14/h7-11,14-15H,6,12-13H2,1-5H3;7-11H,4-6,12-13H2,1-3H3. The van der Waals surface area contributed by atoms with Crippen molar-refractivity contribution in [1.82, 2.24) is 0 Å². The lowest BCUT2D eigenvalue weighted by molar-refractivity contribution is -0.149. The van der Waals surface area contributed by atoms with Crippen LogP contribution in [0.2, 0.25) is 0 Å². The van der Waals surface area contributed by atoms with Crippen LogP contribution in [0.25, 0.3) is 11.1 Å². The monoisotopic (exact) mass is 636 g/mol. The number of carbonyl (C=O) groups is 4. The highest BCUT2D eigenvalue weighted by molar-refractivity contribution is 6.20. The molecule has 0 spiro atoms. The number of esters is 4. The quantitative estimate of drug-likeness (QED) is 0.0600. The molecule has 2 rings (SSSR count). The summed E-state index contributed by atoms with van der Waals surface area (Å²) in [6.07, 6.45) is 2.49. The van der Waals surface area contributed by atoms with Crippen molar-refractivity contribution in [1.29, 1.82) is 0 Å². The number of allylic oxidation sites excluding steroid dienone is 2. The molecular formula is C38H52O8. The highest BCUT2D eigenvalue weighted by Crippen LogP contribution is 2.25. The summed E-state index contributed by atoms with van der Waals surface area (Å²) in [6.45, 7) is 16.5. The molecule has 252 valence electrons. The summed E-state index contributed by atoms with van der Waals surface area (Å²) in [4.78, 5) is 49.7. The van der Waals surface area contributed by atoms with E-state index in [0.29, 0.717) is 36.8 Å². The molecule has 0 N–H and O–H groups in total. The van der Waals surface area contributed by atoms with Crippen molar-refractivity contribution in [3.63, 3.8) is 0 Å². The molecule has 2 aromatic rings. The van der Waals surface area contributed by atoms with Crippen LogP contribution < -0.4 is 0 Å². The molecule has 0 atom stereocenters. The third kappa shape index (κ3) is 13.8. The van der Waals surface area contributed by atoms with Gasteiger partial charge in [0.05, 0.1) is 26.4 Å². The molecule has 0 bridgehead atoms. The second-order valence-electron chi connectivity index (χ2n) is 11.4. The minimum Gasteiger partial charge on any atom is -0.462 e. The predicted octanol–water partition coefficient (Wildman–Crippen LogP) is 8.01. The lowest BCUT2D eigenvalue weighted by atomic mass is 9.97. The largest absolute Gasteiger partial charge is 0.462 e. The first-order valence-corrected chi connectivity index (χ1v) is 16.3. The summed E-state index contributed by atoms with van der Waals surface area (Å²) >= 11 is 0. The van der Waals surface area contributed by atoms with Gasteiger partial charge in [-0.3, -0.25) is 0 Å². The van der Waals surface area contributed by atoms with Crippen LogP contribution in [0.15, 0.2) is 71.8 Å². The number of rotatable bonds is 16. The lowest BCUT2D eigenvalue weighted by Gasteiger charge is -2.15. The van der Waals surface area contributed by atoms with E-state index in [1.54, 1.807) is 0 Å². The summed E-state index contributed by atoms with van der Waals surface area (Å²) in [5, 5.41) is 0. The SMILES string of the molecule is CCC(=C(C(=O)OCC(C)C)C(=O)OCC(C)C)c1ccccc1.CCCOC(=O)C(C(=O)OCCC)=C(CC)c1ccccc1. The van der Waals surface area contributed by atoms with Crippen molar-refractivity contribution in [2.24, 2.45) is 11.8 Å². The molecule has 0 amide bonds. The van der Waals surface area contributed by atoms with Crippen molar-refractivity contribution in [2.75, 3.05) is 26.4 Å². The van der Waals surface area contributed by atoms with Crippen molar-refractivity contribution in [3.05, 3.63) is 82.9 Å². The molecule has 8 nitrogen and oxygen atoms in total. The van der Waals surface area contributed by atoms with E-state index in [9.17, 15) is 19.2 Å². The Labute approximate surface area is 275 Å². The topological polar surface area (TPSA) is 105 Å². The molecule has 0 aliphatic rings. The average molecular weight is 637 g/mol. The van der Waals surface area contributed by atoms with Gasteiger partial charge in [0.15, 0.2) is 0 Å². The zero-order chi connectivity index (χ0) is 34.5. The van der Waals surface area contributed by atoms with Gasteiger partial charge in [-0.05, 0) is 59.8 Å². The Balaban J connectivity index is 0.000000462. The van der Waals surface area contributed by atoms with Gasteiger partial charge in [0.1, 0.15) is 11.1 Å². The van der Waals surface area contributed by atoms with Crippen LogP contribution in [0.5, 0.6) is 0 Å². The molecule has 2 aromatic carbocycles. The summed E-state index contributed by atoms with van der Waals surface area (Å²) in [5.41, 5.74) is 2.99. The zero-order valence-electron chi connectivity index (χ0n) is 28.9. The normalized spacial score (nSPS) is 10.3. The average Bonchev–Trinajstić information content (AvgIpc) is 3.06. The number of ether oxygens (including phenoxy) is 4. The van der Waals surface area contributed by atoms with Gasteiger partial charge in [-0.1, -0.05) is 116 Å². The fraction of sp³-hybridized carbons (Fsp3) is 0.474. The molecule has 0 saturated carbocycles. The van der Waals surface area contributed by atoms with E-state index in [1.165, 1.54) is 0 Å². The number of carbonyl (C=O) groups excluding carboxylic acids is 4. The summed E-state index contributed by atoms with van der Waals surface area (Å²) in [5.74, 6) is -2.05. The van der Waals surface area contributed by atoms with Gasteiger partial charge in [-0.2, -0.15) is 0 Å². The minimum absolute atomic E-state index is 0.00463. The van der Waals surface area contributed by atoms with E-state index >= 15 is 0 Å². The number of hydrogen-bond donors (Lipinski definition) is 0. The Morgan fingerprint density at radius 1 is 0.500 bits per heavy atom. The van der Waals surface area contributed by atoms with Gasteiger partial charge >= 0.3 is 23.9 Å². The molecule has 0 fully saturated rings. The van der Waals surface area contributed by atoms with Crippen LogP contribution in [0.4, 0.5) is 0 Å². The van der Waals surface area contributed by atoms with E-state index in [1.807, 2.05) is 116 Å². The molecule has 0 aliphatic carbocycles. The molecule has 8 heteroatoms. The van der Waals surface area contributed by atoms with Crippen molar-refractivity contribution in [3.8, 4) is 0 Å². The molecular weight excluding hydrogens is 584 g/mol. The smallest absolute Gasteiger partial charge is 0.345 e. The van der Waals surface area contributed by atoms with Gasteiger partial charge in [0, 0.05) is 0 Å². The highest BCUT2D eigenvalue weighted by atomic mass is 16.6. The first-order valence-electron chi connectivity index (χ1n) is 16.3. The van der Waals surface area contributed by atoms with Gasteiger partial charge < -0.3 is 18.9 Å². The molecule has 0 heterocycles. The highest BCUT2D eigenvalue weighted by Gasteiger charge is 2.27. The molecule has 0 aliphatic heterocycles. The van der Waals surface area contributed by atoms with Crippen LogP contribution in [-0.4, -0.2) is 50.3 Å². The predicted molar refractivity (Wildman–Crippen MR) is 181 cm³/mol. The Hall–Kier alpha value is -4.20.